The minimum absolute atomic E-state index is 0.398. The maximum Gasteiger partial charge on any atom is 0.147 e. The Kier molecular flexibility index (Phi) is 4.41. The van der Waals surface area contributed by atoms with Gasteiger partial charge in [-0.15, -0.1) is 0 Å². The van der Waals surface area contributed by atoms with Gasteiger partial charge in [-0.2, -0.15) is 0 Å². The standard InChI is InChI=1S/C18H14Cl2O2/c1-2-21-13-10-12-6-3-4-7-14(12)17(11-13)22-16-9-5-8-15(19)18(16)20/h3-11H,2H2,1H3. The van der Waals surface area contributed by atoms with Gasteiger partial charge in [0.05, 0.1) is 11.6 Å². The zero-order chi connectivity index (χ0) is 15.5. The van der Waals surface area contributed by atoms with Crippen molar-refractivity contribution in [2.24, 2.45) is 0 Å². The van der Waals surface area contributed by atoms with Gasteiger partial charge in [0, 0.05) is 11.5 Å². The molecule has 0 N–H and O–H groups in total. The maximum atomic E-state index is 6.21. The van der Waals surface area contributed by atoms with Crippen molar-refractivity contribution in [1.82, 2.24) is 0 Å². The number of benzene rings is 3. The molecule has 0 heterocycles. The zero-order valence-corrected chi connectivity index (χ0v) is 13.5. The Morgan fingerprint density at radius 1 is 0.909 bits per heavy atom. The van der Waals surface area contributed by atoms with E-state index in [0.717, 1.165) is 16.5 Å². The summed E-state index contributed by atoms with van der Waals surface area (Å²) in [6.07, 6.45) is 0. The highest BCUT2D eigenvalue weighted by Gasteiger charge is 2.11. The Morgan fingerprint density at radius 2 is 1.73 bits per heavy atom. The number of ether oxygens (including phenoxy) is 2. The van der Waals surface area contributed by atoms with E-state index in [1.54, 1.807) is 18.2 Å². The molecule has 0 spiro atoms. The summed E-state index contributed by atoms with van der Waals surface area (Å²) in [5.74, 6) is 1.97. The second kappa shape index (κ2) is 6.47. The monoisotopic (exact) mass is 332 g/mol. The molecule has 2 nitrogen and oxygen atoms in total. The van der Waals surface area contributed by atoms with Gasteiger partial charge in [-0.1, -0.05) is 53.5 Å². The van der Waals surface area contributed by atoms with Crippen molar-refractivity contribution in [3.8, 4) is 17.2 Å². The van der Waals surface area contributed by atoms with Crippen LogP contribution in [0.1, 0.15) is 6.92 Å². The third kappa shape index (κ3) is 2.99. The van der Waals surface area contributed by atoms with Gasteiger partial charge in [-0.3, -0.25) is 0 Å². The molecule has 3 aromatic carbocycles. The highest BCUT2D eigenvalue weighted by Crippen LogP contribution is 2.38. The molecule has 0 aliphatic carbocycles. The van der Waals surface area contributed by atoms with Crippen LogP contribution < -0.4 is 9.47 Å². The lowest BCUT2D eigenvalue weighted by Gasteiger charge is -2.13. The van der Waals surface area contributed by atoms with Gasteiger partial charge >= 0.3 is 0 Å². The number of rotatable bonds is 4. The average Bonchev–Trinajstić information content (AvgIpc) is 2.52. The summed E-state index contributed by atoms with van der Waals surface area (Å²) in [6, 6.07) is 17.1. The lowest BCUT2D eigenvalue weighted by Crippen LogP contribution is -1.93. The van der Waals surface area contributed by atoms with E-state index in [1.165, 1.54) is 0 Å². The molecule has 0 radical (unpaired) electrons. The number of halogens is 2. The molecule has 0 saturated carbocycles. The molecule has 22 heavy (non-hydrogen) atoms. The lowest BCUT2D eigenvalue weighted by molar-refractivity contribution is 0.339. The first kappa shape index (κ1) is 15.0. The predicted octanol–water partition coefficient (Wildman–Crippen LogP) is 6.34. The topological polar surface area (TPSA) is 18.5 Å². The van der Waals surface area contributed by atoms with E-state index in [2.05, 4.69) is 0 Å². The minimum atomic E-state index is 0.398. The minimum Gasteiger partial charge on any atom is -0.494 e. The van der Waals surface area contributed by atoms with Gasteiger partial charge in [0.15, 0.2) is 0 Å². The fourth-order valence-electron chi connectivity index (χ4n) is 2.26. The lowest BCUT2D eigenvalue weighted by atomic mass is 10.1. The van der Waals surface area contributed by atoms with Crippen molar-refractivity contribution in [1.29, 1.82) is 0 Å². The van der Waals surface area contributed by atoms with Crippen LogP contribution in [0.2, 0.25) is 10.0 Å². The molecule has 0 fully saturated rings. The molecule has 3 rings (SSSR count). The normalized spacial score (nSPS) is 10.7. The molecule has 112 valence electrons. The number of fused-ring (bicyclic) bond motifs is 1. The highest BCUT2D eigenvalue weighted by molar-refractivity contribution is 6.42. The molecule has 0 unspecified atom stereocenters. The average molecular weight is 333 g/mol. The van der Waals surface area contributed by atoms with Gasteiger partial charge in [-0.05, 0) is 30.5 Å². The van der Waals surface area contributed by atoms with Crippen molar-refractivity contribution >= 4 is 34.0 Å². The van der Waals surface area contributed by atoms with E-state index in [1.807, 2.05) is 43.3 Å². The van der Waals surface area contributed by atoms with E-state index in [-0.39, 0.29) is 0 Å². The smallest absolute Gasteiger partial charge is 0.147 e. The van der Waals surface area contributed by atoms with Crippen LogP contribution in [0.4, 0.5) is 0 Å². The Balaban J connectivity index is 2.10. The van der Waals surface area contributed by atoms with Crippen molar-refractivity contribution < 1.29 is 9.47 Å². The Hall–Kier alpha value is -1.90. The van der Waals surface area contributed by atoms with Crippen LogP contribution in [0.25, 0.3) is 10.8 Å². The van der Waals surface area contributed by atoms with Crippen LogP contribution in [0.3, 0.4) is 0 Å². The summed E-state index contributed by atoms with van der Waals surface area (Å²) < 4.78 is 11.6. The Bertz CT molecular complexity index is 815. The summed E-state index contributed by atoms with van der Waals surface area (Å²) >= 11 is 12.2. The summed E-state index contributed by atoms with van der Waals surface area (Å²) in [6.45, 7) is 2.54. The van der Waals surface area contributed by atoms with Crippen LogP contribution in [0.5, 0.6) is 17.2 Å². The first-order chi connectivity index (χ1) is 10.7. The Labute approximate surface area is 139 Å². The second-order valence-corrected chi connectivity index (χ2v) is 5.51. The van der Waals surface area contributed by atoms with Crippen LogP contribution in [0, 0.1) is 0 Å². The molecule has 0 bridgehead atoms. The highest BCUT2D eigenvalue weighted by atomic mass is 35.5. The molecule has 0 aromatic heterocycles. The summed E-state index contributed by atoms with van der Waals surface area (Å²) in [5, 5.41) is 2.89. The van der Waals surface area contributed by atoms with Crippen molar-refractivity contribution in [2.45, 2.75) is 6.92 Å². The predicted molar refractivity (Wildman–Crippen MR) is 91.7 cm³/mol. The van der Waals surface area contributed by atoms with Crippen molar-refractivity contribution in [3.05, 3.63) is 64.6 Å². The molecular formula is C18H14Cl2O2. The van der Waals surface area contributed by atoms with Crippen molar-refractivity contribution in [2.75, 3.05) is 6.61 Å². The van der Waals surface area contributed by atoms with Crippen LogP contribution in [-0.2, 0) is 0 Å². The van der Waals surface area contributed by atoms with Gasteiger partial charge in [0.2, 0.25) is 0 Å². The molecule has 0 aliphatic heterocycles. The second-order valence-electron chi connectivity index (χ2n) is 4.73. The molecule has 0 aliphatic rings. The quantitative estimate of drug-likeness (QED) is 0.555. The van der Waals surface area contributed by atoms with Crippen LogP contribution >= 0.6 is 23.2 Å². The fraction of sp³-hybridized carbons (Fsp3) is 0.111. The van der Waals surface area contributed by atoms with E-state index in [4.69, 9.17) is 32.7 Å². The molecule has 3 aromatic rings. The third-order valence-corrected chi connectivity index (χ3v) is 4.05. The third-order valence-electron chi connectivity index (χ3n) is 3.24. The van der Waals surface area contributed by atoms with E-state index in [9.17, 15) is 0 Å². The number of hydrogen-bond donors (Lipinski definition) is 0. The zero-order valence-electron chi connectivity index (χ0n) is 12.0. The van der Waals surface area contributed by atoms with E-state index < -0.39 is 0 Å². The van der Waals surface area contributed by atoms with Gasteiger partial charge in [0.1, 0.15) is 22.3 Å². The fourth-order valence-corrected chi connectivity index (χ4v) is 2.60. The van der Waals surface area contributed by atoms with Gasteiger partial charge < -0.3 is 9.47 Å². The number of hydrogen-bond acceptors (Lipinski definition) is 2. The molecular weight excluding hydrogens is 319 g/mol. The van der Waals surface area contributed by atoms with Gasteiger partial charge in [0.25, 0.3) is 0 Å². The van der Waals surface area contributed by atoms with Crippen LogP contribution in [0.15, 0.2) is 54.6 Å². The Morgan fingerprint density at radius 3 is 2.55 bits per heavy atom. The van der Waals surface area contributed by atoms with Gasteiger partial charge in [-0.25, -0.2) is 0 Å². The first-order valence-corrected chi connectivity index (χ1v) is 7.72. The van der Waals surface area contributed by atoms with Crippen molar-refractivity contribution in [3.63, 3.8) is 0 Å². The molecule has 0 amide bonds. The van der Waals surface area contributed by atoms with E-state index in [0.29, 0.717) is 28.2 Å². The largest absolute Gasteiger partial charge is 0.494 e. The first-order valence-electron chi connectivity index (χ1n) is 6.96. The summed E-state index contributed by atoms with van der Waals surface area (Å²) in [4.78, 5) is 0. The molecule has 4 heteroatoms. The molecule has 0 atom stereocenters. The van der Waals surface area contributed by atoms with E-state index >= 15 is 0 Å². The maximum absolute atomic E-state index is 6.21. The summed E-state index contributed by atoms with van der Waals surface area (Å²) in [5.41, 5.74) is 0. The van der Waals surface area contributed by atoms with Crippen LogP contribution in [-0.4, -0.2) is 6.61 Å². The summed E-state index contributed by atoms with van der Waals surface area (Å²) in [7, 11) is 0. The SMILES string of the molecule is CCOc1cc(Oc2cccc(Cl)c2Cl)c2ccccc2c1. The molecule has 0 saturated heterocycles.